The van der Waals surface area contributed by atoms with Gasteiger partial charge < -0.3 is 10.1 Å². The molecule has 0 amide bonds. The van der Waals surface area contributed by atoms with Gasteiger partial charge in [0.1, 0.15) is 0 Å². The van der Waals surface area contributed by atoms with Crippen LogP contribution < -0.4 is 5.32 Å². The number of nitrogens with zero attached hydrogens (tertiary/aromatic N) is 1. The van der Waals surface area contributed by atoms with Gasteiger partial charge in [0.2, 0.25) is 0 Å². The molecule has 1 aliphatic rings. The molecular weight excluding hydrogens is 260 g/mol. The molecule has 0 aliphatic heterocycles. The Morgan fingerprint density at radius 3 is 3.06 bits per heavy atom. The van der Waals surface area contributed by atoms with Crippen LogP contribution in [-0.4, -0.2) is 24.6 Å². The Bertz CT molecular complexity index is 404. The minimum atomic E-state index is -0.432. The molecule has 0 bridgehead atoms. The smallest absolute Gasteiger partial charge is 0.351 e. The highest BCUT2D eigenvalue weighted by Gasteiger charge is 2.20. The van der Waals surface area contributed by atoms with E-state index in [4.69, 9.17) is 11.6 Å². The fourth-order valence-corrected chi connectivity index (χ4v) is 2.72. The topological polar surface area (TPSA) is 51.2 Å². The molecule has 1 fully saturated rings. The summed E-state index contributed by atoms with van der Waals surface area (Å²) in [7, 11) is 1.33. The molecule has 0 aromatic carbocycles. The van der Waals surface area contributed by atoms with Crippen LogP contribution in [0.5, 0.6) is 0 Å². The van der Waals surface area contributed by atoms with E-state index in [0.29, 0.717) is 10.0 Å². The second-order valence-corrected chi connectivity index (χ2v) is 5.50. The molecule has 0 atom stereocenters. The van der Waals surface area contributed by atoms with Gasteiger partial charge in [-0.2, -0.15) is 0 Å². The molecule has 1 aliphatic carbocycles. The molecule has 94 valence electrons. The third kappa shape index (κ3) is 3.57. The summed E-state index contributed by atoms with van der Waals surface area (Å²) in [6.45, 7) is 0.876. The molecule has 0 saturated heterocycles. The molecule has 1 heterocycles. The van der Waals surface area contributed by atoms with Crippen LogP contribution in [-0.2, 0) is 4.74 Å². The molecule has 2 rings (SSSR count). The van der Waals surface area contributed by atoms with Gasteiger partial charge in [-0.1, -0.05) is 35.8 Å². The van der Waals surface area contributed by atoms with Gasteiger partial charge >= 0.3 is 5.97 Å². The van der Waals surface area contributed by atoms with Crippen molar-refractivity contribution in [3.63, 3.8) is 0 Å². The van der Waals surface area contributed by atoms with Crippen molar-refractivity contribution < 1.29 is 9.53 Å². The summed E-state index contributed by atoms with van der Waals surface area (Å²) in [6.07, 6.45) is 5.18. The highest BCUT2D eigenvalue weighted by Crippen LogP contribution is 2.33. The molecule has 17 heavy (non-hydrogen) atoms. The van der Waals surface area contributed by atoms with E-state index in [2.05, 4.69) is 15.0 Å². The van der Waals surface area contributed by atoms with Crippen molar-refractivity contribution in [1.29, 1.82) is 0 Å². The van der Waals surface area contributed by atoms with Gasteiger partial charge in [-0.15, -0.1) is 0 Å². The Balaban J connectivity index is 1.81. The number of ether oxygens (including phenoxy) is 1. The fourth-order valence-electron chi connectivity index (χ4n) is 1.59. The lowest BCUT2D eigenvalue weighted by Crippen LogP contribution is -2.01. The molecule has 1 N–H and O–H groups in total. The van der Waals surface area contributed by atoms with Crippen LogP contribution >= 0.6 is 22.9 Å². The average Bonchev–Trinajstić information content (AvgIpc) is 3.07. The Labute approximate surface area is 109 Å². The van der Waals surface area contributed by atoms with Gasteiger partial charge in [0.25, 0.3) is 0 Å². The van der Waals surface area contributed by atoms with Gasteiger partial charge in [-0.25, -0.2) is 9.78 Å². The first-order valence-corrected chi connectivity index (χ1v) is 6.88. The number of thiazole rings is 1. The maximum Gasteiger partial charge on any atom is 0.351 e. The standard InChI is InChI=1S/C11H15ClN2O2S/c1-16-10(15)8-9(12)14-11(17-8)13-6-2-3-7-4-5-7/h7H,2-6H2,1H3,(H,13,14). The van der Waals surface area contributed by atoms with Crippen molar-refractivity contribution in [3.8, 4) is 0 Å². The van der Waals surface area contributed by atoms with Gasteiger partial charge in [-0.3, -0.25) is 0 Å². The van der Waals surface area contributed by atoms with Crippen LogP contribution in [0.15, 0.2) is 0 Å². The van der Waals surface area contributed by atoms with Crippen LogP contribution in [0, 0.1) is 5.92 Å². The number of aromatic nitrogens is 1. The van der Waals surface area contributed by atoms with E-state index in [1.807, 2.05) is 0 Å². The predicted octanol–water partition coefficient (Wildman–Crippen LogP) is 3.19. The normalized spacial score (nSPS) is 14.7. The summed E-state index contributed by atoms with van der Waals surface area (Å²) >= 11 is 7.09. The van der Waals surface area contributed by atoms with E-state index in [-0.39, 0.29) is 5.15 Å². The van der Waals surface area contributed by atoms with E-state index in [1.165, 1.54) is 37.7 Å². The molecular formula is C11H15ClN2O2S. The van der Waals surface area contributed by atoms with Crippen LogP contribution in [0.2, 0.25) is 5.15 Å². The van der Waals surface area contributed by atoms with E-state index >= 15 is 0 Å². The lowest BCUT2D eigenvalue weighted by Gasteiger charge is -2.00. The number of halogens is 1. The summed E-state index contributed by atoms with van der Waals surface area (Å²) in [5, 5.41) is 4.08. The Hall–Kier alpha value is -0.810. The number of anilines is 1. The first-order chi connectivity index (χ1) is 8.20. The molecule has 0 spiro atoms. The second kappa shape index (κ2) is 5.69. The van der Waals surface area contributed by atoms with E-state index in [9.17, 15) is 4.79 Å². The molecule has 1 aromatic heterocycles. The van der Waals surface area contributed by atoms with E-state index in [1.54, 1.807) is 0 Å². The summed E-state index contributed by atoms with van der Waals surface area (Å²) in [6, 6.07) is 0. The Morgan fingerprint density at radius 1 is 1.65 bits per heavy atom. The number of nitrogens with one attached hydrogen (secondary N) is 1. The number of methoxy groups -OCH3 is 1. The Kier molecular flexibility index (Phi) is 4.23. The minimum Gasteiger partial charge on any atom is -0.465 e. The van der Waals surface area contributed by atoms with Gasteiger partial charge in [0, 0.05) is 6.54 Å². The summed E-state index contributed by atoms with van der Waals surface area (Å²) in [4.78, 5) is 15.8. The maximum atomic E-state index is 11.3. The third-order valence-electron chi connectivity index (χ3n) is 2.72. The second-order valence-electron chi connectivity index (χ2n) is 4.14. The molecule has 0 unspecified atom stereocenters. The number of carbonyl (C=O) groups excluding carboxylic acids is 1. The SMILES string of the molecule is COC(=O)c1sc(NCCCC2CC2)nc1Cl. The van der Waals surface area contributed by atoms with Gasteiger partial charge in [-0.05, 0) is 18.8 Å². The summed E-state index contributed by atoms with van der Waals surface area (Å²) in [5.41, 5.74) is 0. The number of carbonyl (C=O) groups is 1. The van der Waals surface area contributed by atoms with E-state index < -0.39 is 5.97 Å². The van der Waals surface area contributed by atoms with Crippen molar-refractivity contribution in [2.24, 2.45) is 5.92 Å². The van der Waals surface area contributed by atoms with Crippen molar-refractivity contribution in [2.45, 2.75) is 25.7 Å². The van der Waals surface area contributed by atoms with Gasteiger partial charge in [0.15, 0.2) is 15.2 Å². The van der Waals surface area contributed by atoms with Crippen LogP contribution in [0.4, 0.5) is 5.13 Å². The average molecular weight is 275 g/mol. The van der Waals surface area contributed by atoms with Crippen LogP contribution in [0.1, 0.15) is 35.4 Å². The number of rotatable bonds is 6. The third-order valence-corrected chi connectivity index (χ3v) is 4.10. The molecule has 1 aromatic rings. The predicted molar refractivity (Wildman–Crippen MR) is 68.9 cm³/mol. The number of hydrogen-bond donors (Lipinski definition) is 1. The van der Waals surface area contributed by atoms with E-state index in [0.717, 1.165) is 18.9 Å². The zero-order valence-electron chi connectivity index (χ0n) is 9.66. The zero-order valence-corrected chi connectivity index (χ0v) is 11.2. The fraction of sp³-hybridized carbons (Fsp3) is 0.636. The first kappa shape index (κ1) is 12.6. The van der Waals surface area contributed by atoms with Crippen molar-refractivity contribution in [2.75, 3.05) is 19.0 Å². The number of hydrogen-bond acceptors (Lipinski definition) is 5. The molecule has 0 radical (unpaired) electrons. The summed E-state index contributed by atoms with van der Waals surface area (Å²) in [5.74, 6) is 0.515. The summed E-state index contributed by atoms with van der Waals surface area (Å²) < 4.78 is 4.62. The first-order valence-electron chi connectivity index (χ1n) is 5.69. The highest BCUT2D eigenvalue weighted by atomic mass is 35.5. The minimum absolute atomic E-state index is 0.214. The zero-order chi connectivity index (χ0) is 12.3. The van der Waals surface area contributed by atoms with Crippen molar-refractivity contribution in [1.82, 2.24) is 4.98 Å². The highest BCUT2D eigenvalue weighted by molar-refractivity contribution is 7.18. The Morgan fingerprint density at radius 2 is 2.41 bits per heavy atom. The quantitative estimate of drug-likeness (QED) is 0.639. The van der Waals surface area contributed by atoms with Gasteiger partial charge in [0.05, 0.1) is 7.11 Å². The molecule has 4 nitrogen and oxygen atoms in total. The van der Waals surface area contributed by atoms with Crippen LogP contribution in [0.3, 0.4) is 0 Å². The van der Waals surface area contributed by atoms with Crippen molar-refractivity contribution >= 4 is 34.0 Å². The monoisotopic (exact) mass is 274 g/mol. The largest absolute Gasteiger partial charge is 0.465 e. The number of esters is 1. The maximum absolute atomic E-state index is 11.3. The lowest BCUT2D eigenvalue weighted by atomic mass is 10.2. The molecule has 6 heteroatoms. The van der Waals surface area contributed by atoms with Crippen molar-refractivity contribution in [3.05, 3.63) is 10.0 Å². The van der Waals surface area contributed by atoms with Crippen LogP contribution in [0.25, 0.3) is 0 Å². The lowest BCUT2D eigenvalue weighted by molar-refractivity contribution is 0.0606. The molecule has 1 saturated carbocycles.